The van der Waals surface area contributed by atoms with Gasteiger partial charge in [0.1, 0.15) is 4.32 Å². The fourth-order valence-corrected chi connectivity index (χ4v) is 0.590. The first-order chi connectivity index (χ1) is 3.66. The maximum atomic E-state index is 10.2. The van der Waals surface area contributed by atoms with Gasteiger partial charge in [0.15, 0.2) is 0 Å². The second-order valence-corrected chi connectivity index (χ2v) is 2.57. The van der Waals surface area contributed by atoms with Crippen molar-refractivity contribution < 1.29 is 4.79 Å². The minimum Gasteiger partial charge on any atom is -0.384 e. The van der Waals surface area contributed by atoms with Gasteiger partial charge < -0.3 is 5.73 Å². The summed E-state index contributed by atoms with van der Waals surface area (Å²) in [4.78, 5) is 10.2. The van der Waals surface area contributed by atoms with Gasteiger partial charge in [-0.15, -0.1) is 0 Å². The molecule has 6 heteroatoms. The van der Waals surface area contributed by atoms with Crippen molar-refractivity contribution in [3.63, 3.8) is 0 Å². The summed E-state index contributed by atoms with van der Waals surface area (Å²) >= 11 is 5.05. The van der Waals surface area contributed by atoms with Gasteiger partial charge in [-0.1, -0.05) is 12.2 Å². The highest BCUT2D eigenvalue weighted by Crippen LogP contribution is 1.97. The summed E-state index contributed by atoms with van der Waals surface area (Å²) in [6.45, 7) is 0. The van der Waals surface area contributed by atoms with E-state index in [4.69, 9.17) is 5.73 Å². The molecule has 0 atom stereocenters. The van der Waals surface area contributed by atoms with Crippen LogP contribution in [0.3, 0.4) is 0 Å². The number of amides is 1. The van der Waals surface area contributed by atoms with Crippen molar-refractivity contribution in [3.05, 3.63) is 0 Å². The second-order valence-electron chi connectivity index (χ2n) is 0.853. The predicted octanol–water partition coefficient (Wildman–Crippen LogP) is -0.453. The van der Waals surface area contributed by atoms with E-state index >= 15 is 0 Å². The zero-order valence-electron chi connectivity index (χ0n) is 3.88. The Balaban J connectivity index is 3.40. The Hall–Kier alpha value is -0.330. The van der Waals surface area contributed by atoms with Crippen LogP contribution in [-0.4, -0.2) is 9.56 Å². The third-order valence-electron chi connectivity index (χ3n) is 0.311. The Bertz CT molecular complexity index is 114. The molecule has 0 aliphatic carbocycles. The lowest BCUT2D eigenvalue weighted by molar-refractivity contribution is 0.261. The fourth-order valence-electron chi connectivity index (χ4n) is 0.121. The van der Waals surface area contributed by atoms with E-state index in [0.29, 0.717) is 11.8 Å². The average molecular weight is 151 g/mol. The van der Waals surface area contributed by atoms with Gasteiger partial charge >= 0.3 is 0 Å². The molecule has 0 radical (unpaired) electrons. The molecule has 0 saturated heterocycles. The monoisotopic (exact) mass is 151 g/mol. The molecular formula is C2H5N3OS2. The Morgan fingerprint density at radius 2 is 2.25 bits per heavy atom. The molecule has 0 saturated carbocycles. The molecule has 0 fully saturated rings. The lowest BCUT2D eigenvalue weighted by Gasteiger charge is -1.92. The fraction of sp³-hybridized carbons (Fsp3) is 0. The van der Waals surface area contributed by atoms with Gasteiger partial charge in [0.2, 0.25) is 0 Å². The quantitative estimate of drug-likeness (QED) is 0.189. The van der Waals surface area contributed by atoms with Gasteiger partial charge in [0, 0.05) is 11.8 Å². The van der Waals surface area contributed by atoms with Gasteiger partial charge in [0.05, 0.1) is 0 Å². The van der Waals surface area contributed by atoms with Crippen molar-refractivity contribution in [2.45, 2.75) is 0 Å². The Labute approximate surface area is 55.9 Å². The summed E-state index contributed by atoms with van der Waals surface area (Å²) in [6.07, 6.45) is 0. The summed E-state index contributed by atoms with van der Waals surface area (Å²) in [6, 6.07) is 0. The first-order valence-corrected chi connectivity index (χ1v) is 2.87. The van der Waals surface area contributed by atoms with Gasteiger partial charge in [-0.25, -0.2) is 5.84 Å². The minimum atomic E-state index is -0.447. The normalized spacial score (nSPS) is 8.12. The number of carbonyl (C=O) groups excluding carboxylic acids is 1. The van der Waals surface area contributed by atoms with E-state index in [1.165, 1.54) is 0 Å². The van der Waals surface area contributed by atoms with E-state index in [2.05, 4.69) is 18.1 Å². The summed E-state index contributed by atoms with van der Waals surface area (Å²) in [7, 11) is 0. The van der Waals surface area contributed by atoms with Crippen LogP contribution in [0.4, 0.5) is 4.79 Å². The van der Waals surface area contributed by atoms with Crippen LogP contribution in [0.15, 0.2) is 0 Å². The highest BCUT2D eigenvalue weighted by atomic mass is 32.2. The number of carbonyl (C=O) groups is 1. The van der Waals surface area contributed by atoms with Crippen LogP contribution in [0.1, 0.15) is 0 Å². The molecule has 46 valence electrons. The van der Waals surface area contributed by atoms with Crippen molar-refractivity contribution in [3.8, 4) is 0 Å². The van der Waals surface area contributed by atoms with Crippen LogP contribution >= 0.6 is 24.0 Å². The minimum absolute atomic E-state index is 0.0629. The summed E-state index contributed by atoms with van der Waals surface area (Å²) in [5.41, 5.74) is 6.80. The second kappa shape index (κ2) is 3.65. The van der Waals surface area contributed by atoms with Crippen LogP contribution in [0.5, 0.6) is 0 Å². The topological polar surface area (TPSA) is 81.1 Å². The molecule has 0 rings (SSSR count). The van der Waals surface area contributed by atoms with Crippen LogP contribution in [0.25, 0.3) is 0 Å². The van der Waals surface area contributed by atoms with Crippen LogP contribution in [-0.2, 0) is 0 Å². The molecule has 0 aromatic carbocycles. The summed E-state index contributed by atoms with van der Waals surface area (Å²) in [5.74, 6) is 4.68. The van der Waals surface area contributed by atoms with E-state index in [0.717, 1.165) is 0 Å². The van der Waals surface area contributed by atoms with Crippen molar-refractivity contribution >= 4 is 33.5 Å². The van der Waals surface area contributed by atoms with Gasteiger partial charge in [-0.05, 0) is 0 Å². The summed E-state index contributed by atoms with van der Waals surface area (Å²) in [5, 5.41) is -0.447. The van der Waals surface area contributed by atoms with Gasteiger partial charge in [-0.2, -0.15) is 0 Å². The van der Waals surface area contributed by atoms with Crippen LogP contribution in [0.2, 0.25) is 0 Å². The van der Waals surface area contributed by atoms with Crippen molar-refractivity contribution in [2.24, 2.45) is 11.6 Å². The van der Waals surface area contributed by atoms with Crippen molar-refractivity contribution in [1.29, 1.82) is 0 Å². The molecule has 0 heterocycles. The molecule has 0 aliphatic heterocycles. The summed E-state index contributed by atoms with van der Waals surface area (Å²) < 4.78 is 0.0629. The van der Waals surface area contributed by atoms with Crippen molar-refractivity contribution in [2.75, 3.05) is 0 Å². The molecule has 4 nitrogen and oxygen atoms in total. The Morgan fingerprint density at radius 1 is 1.75 bits per heavy atom. The number of hydrazine groups is 1. The van der Waals surface area contributed by atoms with E-state index in [-0.39, 0.29) is 4.32 Å². The Morgan fingerprint density at radius 3 is 2.38 bits per heavy atom. The average Bonchev–Trinajstić information content (AvgIpc) is 1.65. The largest absolute Gasteiger partial charge is 0.384 e. The zero-order chi connectivity index (χ0) is 6.57. The number of hydrogen-bond acceptors (Lipinski definition) is 4. The number of thioether (sulfide) groups is 1. The van der Waals surface area contributed by atoms with Crippen molar-refractivity contribution in [1.82, 2.24) is 5.43 Å². The maximum absolute atomic E-state index is 10.2. The smallest absolute Gasteiger partial charge is 0.300 e. The Kier molecular flexibility index (Phi) is 3.49. The SMILES string of the molecule is NNC(=O)SC(N)=S. The lowest BCUT2D eigenvalue weighted by Crippen LogP contribution is -2.27. The number of rotatable bonds is 0. The van der Waals surface area contributed by atoms with E-state index in [1.54, 1.807) is 0 Å². The molecule has 1 amide bonds. The van der Waals surface area contributed by atoms with E-state index < -0.39 is 5.24 Å². The number of nitrogens with two attached hydrogens (primary N) is 2. The molecule has 0 bridgehead atoms. The van der Waals surface area contributed by atoms with E-state index in [1.807, 2.05) is 5.43 Å². The molecule has 5 N–H and O–H groups in total. The highest BCUT2D eigenvalue weighted by molar-refractivity contribution is 8.32. The first-order valence-electron chi connectivity index (χ1n) is 1.64. The maximum Gasteiger partial charge on any atom is 0.300 e. The number of nitrogens with one attached hydrogen (secondary N) is 1. The van der Waals surface area contributed by atoms with Crippen LogP contribution < -0.4 is 17.0 Å². The van der Waals surface area contributed by atoms with Gasteiger partial charge in [-0.3, -0.25) is 10.2 Å². The molecule has 8 heavy (non-hydrogen) atoms. The first kappa shape index (κ1) is 7.67. The van der Waals surface area contributed by atoms with Gasteiger partial charge in [0.25, 0.3) is 5.24 Å². The molecular weight excluding hydrogens is 146 g/mol. The van der Waals surface area contributed by atoms with E-state index in [9.17, 15) is 4.79 Å². The highest BCUT2D eigenvalue weighted by Gasteiger charge is 1.98. The zero-order valence-corrected chi connectivity index (χ0v) is 5.51. The third-order valence-corrected chi connectivity index (χ3v) is 1.07. The molecule has 0 spiro atoms. The lowest BCUT2D eigenvalue weighted by atomic mass is 11.4. The molecule has 0 aromatic heterocycles. The number of hydrogen-bond donors (Lipinski definition) is 3. The molecule has 0 unspecified atom stereocenters. The standard InChI is InChI=1S/C2H5N3OS2/c3-1(7)8-2(6)5-4/h4H2,(H2,3,7)(H,5,6). The number of thiocarbonyl (C=S) groups is 1. The predicted molar refractivity (Wildman–Crippen MR) is 37.1 cm³/mol. The molecule has 0 aliphatic rings. The van der Waals surface area contributed by atoms with Crippen LogP contribution in [0, 0.1) is 0 Å². The third kappa shape index (κ3) is 3.85. The molecule has 0 aromatic rings.